The van der Waals surface area contributed by atoms with Crippen LogP contribution in [0.5, 0.6) is 0 Å². The van der Waals surface area contributed by atoms with E-state index in [0.29, 0.717) is 28.8 Å². The van der Waals surface area contributed by atoms with Crippen LogP contribution >= 0.6 is 23.2 Å². The Kier molecular flexibility index (Phi) is 4.43. The topological polar surface area (TPSA) is 29.1 Å². The minimum Gasteiger partial charge on any atom is -0.316 e. The van der Waals surface area contributed by atoms with E-state index in [1.807, 2.05) is 6.07 Å². The van der Waals surface area contributed by atoms with Crippen molar-refractivity contribution < 1.29 is 4.79 Å². The predicted molar refractivity (Wildman–Crippen MR) is 70.8 cm³/mol. The summed E-state index contributed by atoms with van der Waals surface area (Å²) < 4.78 is 0. The van der Waals surface area contributed by atoms with E-state index in [0.717, 1.165) is 25.1 Å². The Labute approximate surface area is 111 Å². The molecule has 1 unspecified atom stereocenters. The Hall–Kier alpha value is -0.570. The highest BCUT2D eigenvalue weighted by atomic mass is 35.5. The van der Waals surface area contributed by atoms with Crippen molar-refractivity contribution in [2.75, 3.05) is 13.1 Å². The Morgan fingerprint density at radius 1 is 1.41 bits per heavy atom. The highest BCUT2D eigenvalue weighted by Gasteiger charge is 2.18. The van der Waals surface area contributed by atoms with Gasteiger partial charge in [-0.15, -0.1) is 0 Å². The van der Waals surface area contributed by atoms with Gasteiger partial charge in [0, 0.05) is 22.9 Å². The van der Waals surface area contributed by atoms with Crippen LogP contribution in [-0.2, 0) is 11.2 Å². The van der Waals surface area contributed by atoms with Gasteiger partial charge < -0.3 is 5.32 Å². The smallest absolute Gasteiger partial charge is 0.137 e. The van der Waals surface area contributed by atoms with E-state index in [-0.39, 0.29) is 5.78 Å². The lowest BCUT2D eigenvalue weighted by molar-refractivity contribution is -0.119. The fraction of sp³-hybridized carbons (Fsp3) is 0.462. The van der Waals surface area contributed by atoms with E-state index in [1.165, 1.54) is 0 Å². The maximum Gasteiger partial charge on any atom is 0.137 e. The third kappa shape index (κ3) is 3.70. The average molecular weight is 272 g/mol. The molecule has 0 radical (unpaired) electrons. The summed E-state index contributed by atoms with van der Waals surface area (Å²) in [6, 6.07) is 5.28. The summed E-state index contributed by atoms with van der Waals surface area (Å²) in [5.41, 5.74) is 0.868. The Bertz CT molecular complexity index is 414. The van der Waals surface area contributed by atoms with Gasteiger partial charge in [0.25, 0.3) is 0 Å². The van der Waals surface area contributed by atoms with Crippen LogP contribution in [0, 0.1) is 5.92 Å². The van der Waals surface area contributed by atoms with Crippen LogP contribution in [0.1, 0.15) is 18.4 Å². The van der Waals surface area contributed by atoms with Gasteiger partial charge >= 0.3 is 0 Å². The van der Waals surface area contributed by atoms with Crippen LogP contribution in [-0.4, -0.2) is 18.9 Å². The molecule has 17 heavy (non-hydrogen) atoms. The zero-order valence-corrected chi connectivity index (χ0v) is 11.0. The highest BCUT2D eigenvalue weighted by molar-refractivity contribution is 6.35. The third-order valence-corrected chi connectivity index (χ3v) is 3.67. The zero-order valence-electron chi connectivity index (χ0n) is 9.51. The normalized spacial score (nSPS) is 19.5. The number of hydrogen-bond acceptors (Lipinski definition) is 2. The molecule has 1 aromatic rings. The van der Waals surface area contributed by atoms with Crippen LogP contribution in [0.15, 0.2) is 18.2 Å². The first-order valence-corrected chi connectivity index (χ1v) is 6.57. The molecule has 0 saturated carbocycles. The van der Waals surface area contributed by atoms with Crippen molar-refractivity contribution in [2.45, 2.75) is 19.3 Å². The van der Waals surface area contributed by atoms with Gasteiger partial charge in [-0.2, -0.15) is 0 Å². The molecule has 2 rings (SSSR count). The second kappa shape index (κ2) is 5.85. The number of carbonyl (C=O) groups excluding carboxylic acids is 1. The SMILES string of the molecule is O=C(Cc1ccc(Cl)cc1Cl)CC1CCNC1. The molecule has 0 bridgehead atoms. The largest absolute Gasteiger partial charge is 0.316 e. The number of carbonyl (C=O) groups is 1. The van der Waals surface area contributed by atoms with Gasteiger partial charge in [0.05, 0.1) is 0 Å². The van der Waals surface area contributed by atoms with Gasteiger partial charge in [0.2, 0.25) is 0 Å². The molecule has 1 aromatic carbocycles. The van der Waals surface area contributed by atoms with E-state index >= 15 is 0 Å². The number of hydrogen-bond donors (Lipinski definition) is 1. The van der Waals surface area contributed by atoms with Crippen molar-refractivity contribution in [1.82, 2.24) is 5.32 Å². The fourth-order valence-electron chi connectivity index (χ4n) is 2.16. The lowest BCUT2D eigenvalue weighted by Gasteiger charge is -2.08. The number of nitrogens with one attached hydrogen (secondary N) is 1. The standard InChI is InChI=1S/C13H15Cl2NO/c14-11-2-1-10(13(15)7-11)6-12(17)5-9-3-4-16-8-9/h1-2,7,9,16H,3-6,8H2. The number of halogens is 2. The van der Waals surface area contributed by atoms with E-state index in [1.54, 1.807) is 12.1 Å². The second-order valence-corrected chi connectivity index (χ2v) is 5.36. The Balaban J connectivity index is 1.93. The third-order valence-electron chi connectivity index (χ3n) is 3.08. The number of Topliss-reactive ketones (excluding diaryl/α,β-unsaturated/α-hetero) is 1. The molecular formula is C13H15Cl2NO. The quantitative estimate of drug-likeness (QED) is 0.912. The molecule has 1 N–H and O–H groups in total. The van der Waals surface area contributed by atoms with Gasteiger partial charge in [-0.1, -0.05) is 29.3 Å². The molecule has 1 saturated heterocycles. The van der Waals surface area contributed by atoms with Crippen molar-refractivity contribution in [3.63, 3.8) is 0 Å². The second-order valence-electron chi connectivity index (χ2n) is 4.51. The molecular weight excluding hydrogens is 257 g/mol. The maximum absolute atomic E-state index is 11.9. The van der Waals surface area contributed by atoms with Gasteiger partial charge in [-0.25, -0.2) is 0 Å². The van der Waals surface area contributed by atoms with Crippen LogP contribution in [0.25, 0.3) is 0 Å². The molecule has 1 aliphatic rings. The van der Waals surface area contributed by atoms with Crippen LogP contribution in [0.2, 0.25) is 10.0 Å². The molecule has 1 heterocycles. The summed E-state index contributed by atoms with van der Waals surface area (Å²) in [4.78, 5) is 11.9. The van der Waals surface area contributed by atoms with Crippen LogP contribution in [0.3, 0.4) is 0 Å². The van der Waals surface area contributed by atoms with Gasteiger partial charge in [-0.3, -0.25) is 4.79 Å². The molecule has 2 nitrogen and oxygen atoms in total. The van der Waals surface area contributed by atoms with Crippen molar-refractivity contribution in [1.29, 1.82) is 0 Å². The molecule has 1 atom stereocenters. The monoisotopic (exact) mass is 271 g/mol. The Morgan fingerprint density at radius 3 is 2.88 bits per heavy atom. The van der Waals surface area contributed by atoms with E-state index < -0.39 is 0 Å². The number of benzene rings is 1. The van der Waals surface area contributed by atoms with Crippen molar-refractivity contribution >= 4 is 29.0 Å². The summed E-state index contributed by atoms with van der Waals surface area (Å²) in [7, 11) is 0. The molecule has 0 aliphatic carbocycles. The lowest BCUT2D eigenvalue weighted by atomic mass is 9.98. The summed E-state index contributed by atoms with van der Waals surface area (Å²) in [6.07, 6.45) is 2.15. The van der Waals surface area contributed by atoms with Gasteiger partial charge in [-0.05, 0) is 43.1 Å². The molecule has 1 fully saturated rings. The molecule has 92 valence electrons. The first kappa shape index (κ1) is 12.9. The van der Waals surface area contributed by atoms with E-state index in [2.05, 4.69) is 5.32 Å². The average Bonchev–Trinajstić information content (AvgIpc) is 2.75. The molecule has 1 aliphatic heterocycles. The predicted octanol–water partition coefficient (Wildman–Crippen LogP) is 3.10. The lowest BCUT2D eigenvalue weighted by Crippen LogP contribution is -2.14. The zero-order chi connectivity index (χ0) is 12.3. The summed E-state index contributed by atoms with van der Waals surface area (Å²) in [5.74, 6) is 0.747. The summed E-state index contributed by atoms with van der Waals surface area (Å²) in [5, 5.41) is 4.45. The molecule has 0 aromatic heterocycles. The molecule has 0 spiro atoms. The van der Waals surface area contributed by atoms with E-state index in [9.17, 15) is 4.79 Å². The van der Waals surface area contributed by atoms with E-state index in [4.69, 9.17) is 23.2 Å². The fourth-order valence-corrected chi connectivity index (χ4v) is 2.64. The number of ketones is 1. The number of rotatable bonds is 4. The van der Waals surface area contributed by atoms with Crippen molar-refractivity contribution in [2.24, 2.45) is 5.92 Å². The first-order valence-electron chi connectivity index (χ1n) is 5.81. The first-order chi connectivity index (χ1) is 8.15. The van der Waals surface area contributed by atoms with Crippen molar-refractivity contribution in [3.05, 3.63) is 33.8 Å². The minimum atomic E-state index is 0.253. The molecule has 4 heteroatoms. The van der Waals surface area contributed by atoms with Crippen LogP contribution in [0.4, 0.5) is 0 Å². The van der Waals surface area contributed by atoms with Crippen LogP contribution < -0.4 is 5.32 Å². The summed E-state index contributed by atoms with van der Waals surface area (Å²) in [6.45, 7) is 1.99. The Morgan fingerprint density at radius 2 is 2.24 bits per heavy atom. The van der Waals surface area contributed by atoms with Gasteiger partial charge in [0.15, 0.2) is 0 Å². The minimum absolute atomic E-state index is 0.253. The molecule has 0 amide bonds. The maximum atomic E-state index is 11.9. The highest BCUT2D eigenvalue weighted by Crippen LogP contribution is 2.22. The van der Waals surface area contributed by atoms with Gasteiger partial charge in [0.1, 0.15) is 5.78 Å². The summed E-state index contributed by atoms with van der Waals surface area (Å²) >= 11 is 11.9. The van der Waals surface area contributed by atoms with Crippen molar-refractivity contribution in [3.8, 4) is 0 Å².